The number of hydrogen-bond acceptors (Lipinski definition) is 4. The molecule has 28 heavy (non-hydrogen) atoms. The first-order valence-corrected chi connectivity index (χ1v) is 10.3. The van der Waals surface area contributed by atoms with Crippen molar-refractivity contribution in [1.29, 1.82) is 0 Å². The van der Waals surface area contributed by atoms with Gasteiger partial charge in [0.1, 0.15) is 11.5 Å². The molecular formula is C24H33NO3. The molecule has 0 radical (unpaired) electrons. The maximum atomic E-state index is 11.6. The number of nitrogens with one attached hydrogen (secondary N) is 1. The average Bonchev–Trinajstić information content (AvgIpc) is 2.74. The van der Waals surface area contributed by atoms with Crippen LogP contribution in [0.15, 0.2) is 48.5 Å². The third kappa shape index (κ3) is 4.34. The van der Waals surface area contributed by atoms with Crippen molar-refractivity contribution in [3.8, 4) is 11.5 Å². The van der Waals surface area contributed by atoms with Gasteiger partial charge >= 0.3 is 0 Å². The van der Waals surface area contributed by atoms with Crippen LogP contribution < -0.4 is 14.8 Å². The molecule has 0 amide bonds. The van der Waals surface area contributed by atoms with E-state index in [1.165, 1.54) is 11.1 Å². The zero-order chi connectivity index (χ0) is 20.1. The van der Waals surface area contributed by atoms with Gasteiger partial charge in [0.2, 0.25) is 0 Å². The smallest absolute Gasteiger partial charge is 0.118 e. The Morgan fingerprint density at radius 1 is 0.964 bits per heavy atom. The van der Waals surface area contributed by atoms with Crippen molar-refractivity contribution in [2.24, 2.45) is 5.92 Å². The van der Waals surface area contributed by atoms with E-state index >= 15 is 0 Å². The van der Waals surface area contributed by atoms with E-state index in [1.807, 2.05) is 24.3 Å². The fraction of sp³-hybridized carbons (Fsp3) is 0.500. The summed E-state index contributed by atoms with van der Waals surface area (Å²) in [5.41, 5.74) is 1.67. The van der Waals surface area contributed by atoms with E-state index in [0.717, 1.165) is 30.8 Å². The van der Waals surface area contributed by atoms with Crippen LogP contribution >= 0.6 is 0 Å². The summed E-state index contributed by atoms with van der Waals surface area (Å²) < 4.78 is 10.6. The summed E-state index contributed by atoms with van der Waals surface area (Å²) in [5.74, 6) is 1.81. The molecule has 4 unspecified atom stereocenters. The predicted molar refractivity (Wildman–Crippen MR) is 113 cm³/mol. The summed E-state index contributed by atoms with van der Waals surface area (Å²) in [5, 5.41) is 15.4. The lowest BCUT2D eigenvalue weighted by molar-refractivity contribution is -0.0752. The van der Waals surface area contributed by atoms with E-state index in [0.29, 0.717) is 6.42 Å². The number of benzene rings is 2. The number of piperidine rings is 1. The predicted octanol–water partition coefficient (Wildman–Crippen LogP) is 5.04. The SMILES string of the molecule is CCCCC1(O)CC(c2ccc(OC)cc2)NC(c2ccc(OC)cc2)C1C. The zero-order valence-corrected chi connectivity index (χ0v) is 17.4. The standard InChI is InChI=1S/C24H33NO3/c1-5-6-15-24(26)16-22(18-7-11-20(27-3)12-8-18)25-23(17(24)2)19-9-13-21(28-4)14-10-19/h7-14,17,22-23,25-26H,5-6,15-16H2,1-4H3. The molecule has 1 aliphatic heterocycles. The summed E-state index contributed by atoms with van der Waals surface area (Å²) in [6.45, 7) is 4.35. The topological polar surface area (TPSA) is 50.7 Å². The lowest BCUT2D eigenvalue weighted by Crippen LogP contribution is -2.52. The van der Waals surface area contributed by atoms with Gasteiger partial charge in [-0.25, -0.2) is 0 Å². The summed E-state index contributed by atoms with van der Waals surface area (Å²) >= 11 is 0. The van der Waals surface area contributed by atoms with E-state index in [-0.39, 0.29) is 18.0 Å². The van der Waals surface area contributed by atoms with Gasteiger partial charge in [-0.3, -0.25) is 0 Å². The van der Waals surface area contributed by atoms with Gasteiger partial charge in [0.05, 0.1) is 19.8 Å². The van der Waals surface area contributed by atoms with Gasteiger partial charge < -0.3 is 19.9 Å². The van der Waals surface area contributed by atoms with E-state index in [1.54, 1.807) is 14.2 Å². The Labute approximate surface area is 168 Å². The summed E-state index contributed by atoms with van der Waals surface area (Å²) in [4.78, 5) is 0. The van der Waals surface area contributed by atoms with Crippen LogP contribution in [0.3, 0.4) is 0 Å². The van der Waals surface area contributed by atoms with Gasteiger partial charge in [-0.05, 0) is 48.2 Å². The first-order valence-electron chi connectivity index (χ1n) is 10.3. The lowest BCUT2D eigenvalue weighted by atomic mass is 9.70. The van der Waals surface area contributed by atoms with Crippen LogP contribution in [0.4, 0.5) is 0 Å². The highest BCUT2D eigenvalue weighted by atomic mass is 16.5. The molecule has 4 heteroatoms. The van der Waals surface area contributed by atoms with Crippen LogP contribution in [-0.4, -0.2) is 24.9 Å². The third-order valence-corrected chi connectivity index (χ3v) is 6.24. The van der Waals surface area contributed by atoms with Crippen molar-refractivity contribution in [3.05, 3.63) is 59.7 Å². The second-order valence-electron chi connectivity index (χ2n) is 7.94. The van der Waals surface area contributed by atoms with Crippen molar-refractivity contribution in [1.82, 2.24) is 5.32 Å². The normalized spacial score (nSPS) is 27.4. The molecule has 2 aromatic carbocycles. The molecule has 1 aliphatic rings. The summed E-state index contributed by atoms with van der Waals surface area (Å²) in [6.07, 6.45) is 3.66. The van der Waals surface area contributed by atoms with Crippen LogP contribution in [0.5, 0.6) is 11.5 Å². The maximum absolute atomic E-state index is 11.6. The number of hydrogen-bond donors (Lipinski definition) is 2. The first-order chi connectivity index (χ1) is 13.5. The van der Waals surface area contributed by atoms with Crippen molar-refractivity contribution in [3.63, 3.8) is 0 Å². The summed E-state index contributed by atoms with van der Waals surface area (Å²) in [6, 6.07) is 16.5. The van der Waals surface area contributed by atoms with Crippen LogP contribution in [0.2, 0.25) is 0 Å². The number of ether oxygens (including phenoxy) is 2. The second-order valence-corrected chi connectivity index (χ2v) is 7.94. The second kappa shape index (κ2) is 8.97. The largest absolute Gasteiger partial charge is 0.497 e. The highest BCUT2D eigenvalue weighted by Gasteiger charge is 2.45. The molecule has 0 spiro atoms. The van der Waals surface area contributed by atoms with Crippen molar-refractivity contribution < 1.29 is 14.6 Å². The molecule has 4 atom stereocenters. The van der Waals surface area contributed by atoms with Gasteiger partial charge in [0, 0.05) is 18.0 Å². The molecule has 1 saturated heterocycles. The van der Waals surface area contributed by atoms with Gasteiger partial charge in [-0.2, -0.15) is 0 Å². The Bertz CT molecular complexity index is 743. The molecule has 1 heterocycles. The third-order valence-electron chi connectivity index (χ3n) is 6.24. The highest BCUT2D eigenvalue weighted by molar-refractivity contribution is 5.33. The van der Waals surface area contributed by atoms with Crippen LogP contribution in [0.25, 0.3) is 0 Å². The van der Waals surface area contributed by atoms with Gasteiger partial charge in [0.25, 0.3) is 0 Å². The lowest BCUT2D eigenvalue weighted by Gasteiger charge is -2.48. The molecule has 1 fully saturated rings. The fourth-order valence-electron chi connectivity index (χ4n) is 4.33. The molecule has 0 aromatic heterocycles. The van der Waals surface area contributed by atoms with Gasteiger partial charge in [0.15, 0.2) is 0 Å². The summed E-state index contributed by atoms with van der Waals surface area (Å²) in [7, 11) is 3.36. The molecule has 3 rings (SSSR count). The van der Waals surface area contributed by atoms with E-state index < -0.39 is 5.60 Å². The van der Waals surface area contributed by atoms with Gasteiger partial charge in [-0.1, -0.05) is 51.0 Å². The van der Waals surface area contributed by atoms with Crippen LogP contribution in [-0.2, 0) is 0 Å². The van der Waals surface area contributed by atoms with Crippen LogP contribution in [0, 0.1) is 5.92 Å². The van der Waals surface area contributed by atoms with Gasteiger partial charge in [-0.15, -0.1) is 0 Å². The fourth-order valence-corrected chi connectivity index (χ4v) is 4.33. The molecule has 2 aromatic rings. The first kappa shape index (κ1) is 20.7. The number of rotatable bonds is 7. The molecule has 2 N–H and O–H groups in total. The highest BCUT2D eigenvalue weighted by Crippen LogP contribution is 2.45. The minimum Gasteiger partial charge on any atom is -0.497 e. The Morgan fingerprint density at radius 2 is 1.50 bits per heavy atom. The molecule has 0 saturated carbocycles. The molecule has 152 valence electrons. The van der Waals surface area contributed by atoms with E-state index in [2.05, 4.69) is 43.4 Å². The Hall–Kier alpha value is -2.04. The number of aliphatic hydroxyl groups is 1. The number of methoxy groups -OCH3 is 2. The number of unbranched alkanes of at least 4 members (excludes halogenated alkanes) is 1. The molecule has 4 nitrogen and oxygen atoms in total. The Morgan fingerprint density at radius 3 is 2.00 bits per heavy atom. The monoisotopic (exact) mass is 383 g/mol. The minimum absolute atomic E-state index is 0.0774. The Kier molecular flexibility index (Phi) is 6.63. The molecular weight excluding hydrogens is 350 g/mol. The molecule has 0 bridgehead atoms. The minimum atomic E-state index is -0.698. The molecule has 0 aliphatic carbocycles. The van der Waals surface area contributed by atoms with Crippen molar-refractivity contribution in [2.45, 2.75) is 57.2 Å². The van der Waals surface area contributed by atoms with E-state index in [9.17, 15) is 5.11 Å². The quantitative estimate of drug-likeness (QED) is 0.703. The average molecular weight is 384 g/mol. The zero-order valence-electron chi connectivity index (χ0n) is 17.4. The van der Waals surface area contributed by atoms with Crippen molar-refractivity contribution in [2.75, 3.05) is 14.2 Å². The van der Waals surface area contributed by atoms with Crippen molar-refractivity contribution >= 4 is 0 Å². The maximum Gasteiger partial charge on any atom is 0.118 e. The van der Waals surface area contributed by atoms with Crippen LogP contribution in [0.1, 0.15) is 62.7 Å². The van der Waals surface area contributed by atoms with E-state index in [4.69, 9.17) is 9.47 Å². The Balaban J connectivity index is 1.92.